The van der Waals surface area contributed by atoms with Gasteiger partial charge in [-0.15, -0.1) is 0 Å². The molecule has 3 N–H and O–H groups in total. The first-order valence-corrected chi connectivity index (χ1v) is 5.51. The first kappa shape index (κ1) is 11.7. The van der Waals surface area contributed by atoms with Crippen molar-refractivity contribution >= 4 is 17.5 Å². The zero-order valence-corrected chi connectivity index (χ0v) is 10.3. The summed E-state index contributed by atoms with van der Waals surface area (Å²) in [6, 6.07) is 4.07. The minimum atomic E-state index is -0.783. The van der Waals surface area contributed by atoms with E-state index in [1.54, 1.807) is 18.2 Å². The molecule has 0 aliphatic carbocycles. The monoisotopic (exact) mass is 231 g/mol. The Morgan fingerprint density at radius 1 is 1.29 bits per heavy atom. The second-order valence-corrected chi connectivity index (χ2v) is 4.40. The van der Waals surface area contributed by atoms with Crippen LogP contribution in [0.25, 0.3) is 5.57 Å². The van der Waals surface area contributed by atoms with Crippen molar-refractivity contribution in [3.05, 3.63) is 35.0 Å². The van der Waals surface area contributed by atoms with Crippen LogP contribution in [0, 0.1) is 13.8 Å². The van der Waals surface area contributed by atoms with Gasteiger partial charge in [-0.1, -0.05) is 0 Å². The van der Waals surface area contributed by atoms with Gasteiger partial charge in [0, 0.05) is 30.7 Å². The molecule has 0 saturated heterocycles. The number of aryl methyl sites for hydroxylation is 2. The topological polar surface area (TPSA) is 61.8 Å². The van der Waals surface area contributed by atoms with Crippen LogP contribution in [0.4, 0.5) is 5.69 Å². The van der Waals surface area contributed by atoms with E-state index in [4.69, 9.17) is 5.73 Å². The highest BCUT2D eigenvalue weighted by molar-refractivity contribution is 6.10. The van der Waals surface area contributed by atoms with Crippen molar-refractivity contribution in [2.75, 3.05) is 12.8 Å². The normalized spacial score (nSPS) is 19.4. The lowest BCUT2D eigenvalue weighted by Crippen LogP contribution is -2.27. The van der Waals surface area contributed by atoms with Crippen LogP contribution in [0.15, 0.2) is 23.3 Å². The molecule has 2 rings (SSSR count). The summed E-state index contributed by atoms with van der Waals surface area (Å²) in [5, 5.41) is 9.46. The van der Waals surface area contributed by atoms with Gasteiger partial charge in [-0.05, 0) is 42.7 Å². The zero-order chi connectivity index (χ0) is 12.6. The first-order chi connectivity index (χ1) is 7.99. The standard InChI is InChI=1S/C13H17N3O/c1-8-4-10(5-9(2)12(8)14)11-6-15-13(17)16(3)7-11/h4-7,13,17H,14H2,1-3H3. The Balaban J connectivity index is 2.43. The summed E-state index contributed by atoms with van der Waals surface area (Å²) in [5.74, 6) is 0. The molecule has 4 nitrogen and oxygen atoms in total. The van der Waals surface area contributed by atoms with Crippen molar-refractivity contribution in [1.29, 1.82) is 0 Å². The van der Waals surface area contributed by atoms with E-state index >= 15 is 0 Å². The molecule has 1 aromatic rings. The third-order valence-corrected chi connectivity index (χ3v) is 2.98. The van der Waals surface area contributed by atoms with Gasteiger partial charge in [0.05, 0.1) is 0 Å². The van der Waals surface area contributed by atoms with Gasteiger partial charge in [-0.25, -0.2) is 4.99 Å². The molecule has 0 amide bonds. The van der Waals surface area contributed by atoms with Crippen molar-refractivity contribution in [1.82, 2.24) is 4.90 Å². The maximum atomic E-state index is 9.46. The average Bonchev–Trinajstić information content (AvgIpc) is 2.29. The van der Waals surface area contributed by atoms with E-state index in [1.165, 1.54) is 0 Å². The number of hydrogen-bond acceptors (Lipinski definition) is 4. The average molecular weight is 231 g/mol. The number of benzene rings is 1. The van der Waals surface area contributed by atoms with Crippen LogP contribution in [-0.2, 0) is 0 Å². The Bertz CT molecular complexity index is 482. The van der Waals surface area contributed by atoms with E-state index < -0.39 is 6.35 Å². The smallest absolute Gasteiger partial charge is 0.224 e. The number of hydrogen-bond donors (Lipinski definition) is 2. The van der Waals surface area contributed by atoms with E-state index in [0.29, 0.717) is 0 Å². The Morgan fingerprint density at radius 2 is 1.88 bits per heavy atom. The summed E-state index contributed by atoms with van der Waals surface area (Å²) < 4.78 is 0. The van der Waals surface area contributed by atoms with E-state index in [0.717, 1.165) is 28.0 Å². The summed E-state index contributed by atoms with van der Waals surface area (Å²) >= 11 is 0. The largest absolute Gasteiger partial charge is 0.398 e. The number of nitrogens with zero attached hydrogens (tertiary/aromatic N) is 2. The molecule has 0 bridgehead atoms. The highest BCUT2D eigenvalue weighted by atomic mass is 16.3. The fraction of sp³-hybridized carbons (Fsp3) is 0.308. The van der Waals surface area contributed by atoms with Gasteiger partial charge >= 0.3 is 0 Å². The highest BCUT2D eigenvalue weighted by Crippen LogP contribution is 2.24. The number of rotatable bonds is 1. The summed E-state index contributed by atoms with van der Waals surface area (Å²) in [5.41, 5.74) is 10.9. The number of aliphatic hydroxyl groups excluding tert-OH is 1. The van der Waals surface area contributed by atoms with Crippen molar-refractivity contribution in [2.45, 2.75) is 20.2 Å². The van der Waals surface area contributed by atoms with Crippen LogP contribution in [0.1, 0.15) is 16.7 Å². The molecule has 1 atom stereocenters. The van der Waals surface area contributed by atoms with E-state index in [-0.39, 0.29) is 0 Å². The fourth-order valence-electron chi connectivity index (χ4n) is 1.86. The lowest BCUT2D eigenvalue weighted by molar-refractivity contribution is 0.0632. The molecule has 1 aliphatic heterocycles. The molecular formula is C13H17N3O. The number of allylic oxidation sites excluding steroid dienone is 1. The quantitative estimate of drug-likeness (QED) is 0.720. The molecule has 1 aliphatic rings. The number of nitrogen functional groups attached to an aromatic ring is 1. The second kappa shape index (κ2) is 4.22. The van der Waals surface area contributed by atoms with E-state index in [1.807, 2.05) is 32.2 Å². The Labute approximate surface area is 101 Å². The number of anilines is 1. The molecule has 0 radical (unpaired) electrons. The van der Waals surface area contributed by atoms with Crippen LogP contribution < -0.4 is 5.73 Å². The number of nitrogens with two attached hydrogens (primary N) is 1. The van der Waals surface area contributed by atoms with Gasteiger partial charge in [-0.2, -0.15) is 0 Å². The second-order valence-electron chi connectivity index (χ2n) is 4.40. The number of aliphatic hydroxyl groups is 1. The molecule has 4 heteroatoms. The SMILES string of the molecule is Cc1cc(C2=CN(C)C(O)N=C2)cc(C)c1N. The summed E-state index contributed by atoms with van der Waals surface area (Å²) in [7, 11) is 1.79. The molecule has 1 aromatic carbocycles. The van der Waals surface area contributed by atoms with E-state index in [9.17, 15) is 5.11 Å². The zero-order valence-electron chi connectivity index (χ0n) is 10.3. The van der Waals surface area contributed by atoms with Crippen molar-refractivity contribution in [3.8, 4) is 0 Å². The van der Waals surface area contributed by atoms with Crippen LogP contribution in [-0.4, -0.2) is 29.6 Å². The number of aliphatic imine (C=N–C) groups is 1. The van der Waals surface area contributed by atoms with Gasteiger partial charge in [0.25, 0.3) is 0 Å². The third kappa shape index (κ3) is 2.17. The van der Waals surface area contributed by atoms with Crippen molar-refractivity contribution < 1.29 is 5.11 Å². The molecule has 17 heavy (non-hydrogen) atoms. The molecule has 0 saturated carbocycles. The lowest BCUT2D eigenvalue weighted by Gasteiger charge is -2.23. The molecular weight excluding hydrogens is 214 g/mol. The lowest BCUT2D eigenvalue weighted by atomic mass is 9.99. The van der Waals surface area contributed by atoms with Crippen molar-refractivity contribution in [2.24, 2.45) is 4.99 Å². The van der Waals surface area contributed by atoms with Crippen LogP contribution in [0.2, 0.25) is 0 Å². The third-order valence-electron chi connectivity index (χ3n) is 2.98. The van der Waals surface area contributed by atoms with Crippen LogP contribution in [0.3, 0.4) is 0 Å². The molecule has 0 spiro atoms. The van der Waals surface area contributed by atoms with Gasteiger partial charge in [0.15, 0.2) is 0 Å². The molecule has 90 valence electrons. The predicted octanol–water partition coefficient (Wildman–Crippen LogP) is 1.52. The first-order valence-electron chi connectivity index (χ1n) is 5.51. The minimum Gasteiger partial charge on any atom is -0.398 e. The van der Waals surface area contributed by atoms with Crippen molar-refractivity contribution in [3.63, 3.8) is 0 Å². The predicted molar refractivity (Wildman–Crippen MR) is 70.6 cm³/mol. The minimum absolute atomic E-state index is 0.783. The molecule has 1 unspecified atom stereocenters. The maximum absolute atomic E-state index is 9.46. The summed E-state index contributed by atoms with van der Waals surface area (Å²) in [4.78, 5) is 5.67. The van der Waals surface area contributed by atoms with Gasteiger partial charge in [-0.3, -0.25) is 0 Å². The van der Waals surface area contributed by atoms with E-state index in [2.05, 4.69) is 4.99 Å². The summed E-state index contributed by atoms with van der Waals surface area (Å²) in [6.45, 7) is 3.98. The van der Waals surface area contributed by atoms with Gasteiger partial charge in [0.1, 0.15) is 0 Å². The Kier molecular flexibility index (Phi) is 2.90. The Hall–Kier alpha value is -1.81. The van der Waals surface area contributed by atoms with Crippen LogP contribution >= 0.6 is 0 Å². The molecule has 1 heterocycles. The maximum Gasteiger partial charge on any atom is 0.224 e. The fourth-order valence-corrected chi connectivity index (χ4v) is 1.86. The van der Waals surface area contributed by atoms with Crippen LogP contribution in [0.5, 0.6) is 0 Å². The molecule has 0 aromatic heterocycles. The van der Waals surface area contributed by atoms with Gasteiger partial charge in [0.2, 0.25) is 6.35 Å². The van der Waals surface area contributed by atoms with Gasteiger partial charge < -0.3 is 15.7 Å². The molecule has 0 fully saturated rings. The summed E-state index contributed by atoms with van der Waals surface area (Å²) in [6.07, 6.45) is 2.78. The Morgan fingerprint density at radius 3 is 2.41 bits per heavy atom. The highest BCUT2D eigenvalue weighted by Gasteiger charge is 2.13.